The molecule has 0 aromatic carbocycles. The Morgan fingerprint density at radius 2 is 2.11 bits per heavy atom. The van der Waals surface area contributed by atoms with Crippen LogP contribution in [-0.4, -0.2) is 50.9 Å². The fraction of sp³-hybridized carbons (Fsp3) is 0.667. The number of aryl methyl sites for hydroxylation is 2. The molecule has 6 heteroatoms. The molecule has 2 N–H and O–H groups in total. The fourth-order valence-corrected chi connectivity index (χ4v) is 2.37. The van der Waals surface area contributed by atoms with Gasteiger partial charge in [0, 0.05) is 20.1 Å². The van der Waals surface area contributed by atoms with E-state index in [4.69, 9.17) is 0 Å². The zero-order valence-corrected chi connectivity index (χ0v) is 11.3. The van der Waals surface area contributed by atoms with E-state index < -0.39 is 5.60 Å². The van der Waals surface area contributed by atoms with Crippen LogP contribution in [0.4, 0.5) is 5.69 Å². The quantitative estimate of drug-likeness (QED) is 0.797. The standard InChI is InChI=1S/C12H20N4O2/c1-8-11(9(2)15(4)14-8)13-10(17)5-16-6-12(3,18)7-16/h18H,5-7H2,1-4H3,(H,13,17). The van der Waals surface area contributed by atoms with Crippen LogP contribution in [-0.2, 0) is 11.8 Å². The Bertz CT molecular complexity index is 471. The molecule has 0 aliphatic carbocycles. The maximum absolute atomic E-state index is 11.9. The van der Waals surface area contributed by atoms with E-state index in [9.17, 15) is 9.90 Å². The van der Waals surface area contributed by atoms with Gasteiger partial charge in [0.25, 0.3) is 0 Å². The van der Waals surface area contributed by atoms with Crippen LogP contribution in [0.5, 0.6) is 0 Å². The topological polar surface area (TPSA) is 70.4 Å². The average molecular weight is 252 g/mol. The van der Waals surface area contributed by atoms with E-state index in [0.717, 1.165) is 17.1 Å². The minimum absolute atomic E-state index is 0.0651. The third-order valence-electron chi connectivity index (χ3n) is 3.27. The van der Waals surface area contributed by atoms with Crippen LogP contribution < -0.4 is 5.32 Å². The van der Waals surface area contributed by atoms with Crippen molar-refractivity contribution in [3.8, 4) is 0 Å². The normalized spacial score (nSPS) is 18.5. The van der Waals surface area contributed by atoms with Crippen LogP contribution in [0.1, 0.15) is 18.3 Å². The number of nitrogens with one attached hydrogen (secondary N) is 1. The molecule has 18 heavy (non-hydrogen) atoms. The highest BCUT2D eigenvalue weighted by Gasteiger charge is 2.37. The van der Waals surface area contributed by atoms with Gasteiger partial charge in [0.05, 0.1) is 29.2 Å². The number of β-amino-alcohol motifs (C(OH)–C–C–N with tert-alkyl or cyclic N) is 1. The number of carbonyl (C=O) groups excluding carboxylic acids is 1. The van der Waals surface area contributed by atoms with E-state index in [1.54, 1.807) is 11.6 Å². The van der Waals surface area contributed by atoms with E-state index in [1.807, 2.05) is 25.8 Å². The summed E-state index contributed by atoms with van der Waals surface area (Å²) >= 11 is 0. The first-order valence-electron chi connectivity index (χ1n) is 6.03. The highest BCUT2D eigenvalue weighted by atomic mass is 16.3. The van der Waals surface area contributed by atoms with Crippen molar-refractivity contribution in [3.63, 3.8) is 0 Å². The zero-order chi connectivity index (χ0) is 13.5. The predicted octanol–water partition coefficient (Wildman–Crippen LogP) is 0.0420. The number of carbonyl (C=O) groups is 1. The Balaban J connectivity index is 1.92. The smallest absolute Gasteiger partial charge is 0.238 e. The molecule has 100 valence electrons. The van der Waals surface area contributed by atoms with E-state index in [1.165, 1.54) is 0 Å². The Morgan fingerprint density at radius 1 is 1.50 bits per heavy atom. The summed E-state index contributed by atoms with van der Waals surface area (Å²) in [7, 11) is 1.85. The van der Waals surface area contributed by atoms with Crippen LogP contribution in [0, 0.1) is 13.8 Å². The first-order chi connectivity index (χ1) is 8.28. The Labute approximate surface area is 107 Å². The monoisotopic (exact) mass is 252 g/mol. The van der Waals surface area contributed by atoms with Gasteiger partial charge in [-0.25, -0.2) is 0 Å². The molecule has 1 aliphatic rings. The number of hydrogen-bond donors (Lipinski definition) is 2. The van der Waals surface area contributed by atoms with Crippen molar-refractivity contribution in [2.75, 3.05) is 25.0 Å². The molecule has 1 aliphatic heterocycles. The third-order valence-corrected chi connectivity index (χ3v) is 3.27. The molecule has 0 unspecified atom stereocenters. The summed E-state index contributed by atoms with van der Waals surface area (Å²) in [4.78, 5) is 13.8. The minimum atomic E-state index is -0.638. The van der Waals surface area contributed by atoms with E-state index in [-0.39, 0.29) is 5.91 Å². The van der Waals surface area contributed by atoms with E-state index in [0.29, 0.717) is 19.6 Å². The number of anilines is 1. The number of amides is 1. The van der Waals surface area contributed by atoms with E-state index in [2.05, 4.69) is 10.4 Å². The second-order valence-electron chi connectivity index (χ2n) is 5.36. The highest BCUT2D eigenvalue weighted by Crippen LogP contribution is 2.21. The van der Waals surface area contributed by atoms with Crippen molar-refractivity contribution in [2.45, 2.75) is 26.4 Å². The number of aromatic nitrogens is 2. The molecule has 1 aromatic heterocycles. The molecule has 6 nitrogen and oxygen atoms in total. The summed E-state index contributed by atoms with van der Waals surface area (Å²) < 4.78 is 1.75. The molecule has 2 rings (SSSR count). The zero-order valence-electron chi connectivity index (χ0n) is 11.3. The number of likely N-dealkylation sites (tertiary alicyclic amines) is 1. The molecule has 1 fully saturated rings. The molecule has 1 saturated heterocycles. The molecule has 0 atom stereocenters. The van der Waals surface area contributed by atoms with Crippen LogP contribution in [0.3, 0.4) is 0 Å². The second kappa shape index (κ2) is 4.37. The van der Waals surface area contributed by atoms with E-state index >= 15 is 0 Å². The van der Waals surface area contributed by atoms with Crippen LogP contribution in [0.25, 0.3) is 0 Å². The van der Waals surface area contributed by atoms with Gasteiger partial charge in [0.15, 0.2) is 0 Å². The summed E-state index contributed by atoms with van der Waals surface area (Å²) in [6, 6.07) is 0. The van der Waals surface area contributed by atoms with Crippen LogP contribution in [0.2, 0.25) is 0 Å². The van der Waals surface area contributed by atoms with Gasteiger partial charge in [-0.3, -0.25) is 14.4 Å². The maximum Gasteiger partial charge on any atom is 0.238 e. The van der Waals surface area contributed by atoms with Gasteiger partial charge in [-0.1, -0.05) is 0 Å². The summed E-state index contributed by atoms with van der Waals surface area (Å²) in [6.07, 6.45) is 0. The summed E-state index contributed by atoms with van der Waals surface area (Å²) in [6.45, 7) is 6.97. The number of rotatable bonds is 3. The van der Waals surface area contributed by atoms with Gasteiger partial charge >= 0.3 is 0 Å². The van der Waals surface area contributed by atoms with Crippen LogP contribution in [0.15, 0.2) is 0 Å². The van der Waals surface area contributed by atoms with Crippen molar-refractivity contribution in [3.05, 3.63) is 11.4 Å². The summed E-state index contributed by atoms with van der Waals surface area (Å²) in [5.41, 5.74) is 1.91. The number of nitrogens with zero attached hydrogens (tertiary/aromatic N) is 3. The molecular weight excluding hydrogens is 232 g/mol. The summed E-state index contributed by atoms with van der Waals surface area (Å²) in [5, 5.41) is 16.7. The third kappa shape index (κ3) is 2.54. The molecular formula is C12H20N4O2. The molecule has 1 amide bonds. The van der Waals surface area contributed by atoms with Crippen molar-refractivity contribution < 1.29 is 9.90 Å². The molecule has 0 saturated carbocycles. The maximum atomic E-state index is 11.9. The van der Waals surface area contributed by atoms with Crippen molar-refractivity contribution in [1.29, 1.82) is 0 Å². The predicted molar refractivity (Wildman–Crippen MR) is 68.4 cm³/mol. The molecule has 0 radical (unpaired) electrons. The van der Waals surface area contributed by atoms with Gasteiger partial charge in [-0.15, -0.1) is 0 Å². The van der Waals surface area contributed by atoms with Crippen molar-refractivity contribution in [2.24, 2.45) is 7.05 Å². The lowest BCUT2D eigenvalue weighted by atomic mass is 9.97. The number of hydrogen-bond acceptors (Lipinski definition) is 4. The van der Waals surface area contributed by atoms with Gasteiger partial charge in [-0.05, 0) is 20.8 Å². The second-order valence-corrected chi connectivity index (χ2v) is 5.36. The van der Waals surface area contributed by atoms with Crippen LogP contribution >= 0.6 is 0 Å². The largest absolute Gasteiger partial charge is 0.388 e. The molecule has 1 aromatic rings. The van der Waals surface area contributed by atoms with Gasteiger partial charge < -0.3 is 10.4 Å². The highest BCUT2D eigenvalue weighted by molar-refractivity contribution is 5.93. The molecule has 0 spiro atoms. The van der Waals surface area contributed by atoms with Gasteiger partial charge in [0.2, 0.25) is 5.91 Å². The van der Waals surface area contributed by atoms with Gasteiger partial charge in [0.1, 0.15) is 0 Å². The minimum Gasteiger partial charge on any atom is -0.388 e. The van der Waals surface area contributed by atoms with Gasteiger partial charge in [-0.2, -0.15) is 5.10 Å². The molecule has 2 heterocycles. The lowest BCUT2D eigenvalue weighted by molar-refractivity contribution is -0.125. The Kier molecular flexibility index (Phi) is 3.16. The lowest BCUT2D eigenvalue weighted by Crippen LogP contribution is -2.61. The lowest BCUT2D eigenvalue weighted by Gasteiger charge is -2.43. The first kappa shape index (κ1) is 13.0. The average Bonchev–Trinajstić information content (AvgIpc) is 2.42. The SMILES string of the molecule is Cc1nn(C)c(C)c1NC(=O)CN1CC(C)(O)C1. The van der Waals surface area contributed by atoms with Crippen molar-refractivity contribution in [1.82, 2.24) is 14.7 Å². The first-order valence-corrected chi connectivity index (χ1v) is 6.03. The summed E-state index contributed by atoms with van der Waals surface area (Å²) in [5.74, 6) is -0.0651. The Hall–Kier alpha value is -1.40. The molecule has 0 bridgehead atoms. The van der Waals surface area contributed by atoms with Crippen molar-refractivity contribution >= 4 is 11.6 Å². The Morgan fingerprint density at radius 3 is 2.56 bits per heavy atom. The fourth-order valence-electron chi connectivity index (χ4n) is 2.37. The number of aliphatic hydroxyl groups is 1.